The van der Waals surface area contributed by atoms with Crippen molar-refractivity contribution in [1.29, 1.82) is 0 Å². The van der Waals surface area contributed by atoms with E-state index < -0.39 is 4.92 Å². The Bertz CT molecular complexity index is 458. The van der Waals surface area contributed by atoms with Crippen LogP contribution in [0.25, 0.3) is 0 Å². The summed E-state index contributed by atoms with van der Waals surface area (Å²) in [6.45, 7) is 3.87. The topological polar surface area (TPSA) is 64.4 Å². The molecule has 0 spiro atoms. The lowest BCUT2D eigenvalue weighted by Gasteiger charge is -2.11. The average molecular weight is 264 g/mol. The number of hydrogen-bond donors (Lipinski definition) is 1. The van der Waals surface area contributed by atoms with Crippen molar-refractivity contribution >= 4 is 5.69 Å². The zero-order valence-electron chi connectivity index (χ0n) is 11.4. The number of methoxy groups -OCH3 is 1. The minimum Gasteiger partial charge on any atom is -0.490 e. The van der Waals surface area contributed by atoms with Crippen molar-refractivity contribution in [3.05, 3.63) is 33.9 Å². The number of nitrogens with one attached hydrogen (secondary N) is 1. The summed E-state index contributed by atoms with van der Waals surface area (Å²) in [5, 5.41) is 14.3. The van der Waals surface area contributed by atoms with Gasteiger partial charge in [0, 0.05) is 12.6 Å². The third kappa shape index (κ3) is 3.67. The van der Waals surface area contributed by atoms with Crippen molar-refractivity contribution in [2.24, 2.45) is 11.8 Å². The molecule has 1 aliphatic carbocycles. The highest BCUT2D eigenvalue weighted by molar-refractivity contribution is 5.48. The largest absolute Gasteiger partial charge is 0.490 e. The van der Waals surface area contributed by atoms with Crippen LogP contribution in [0.2, 0.25) is 0 Å². The first kappa shape index (κ1) is 13.8. The van der Waals surface area contributed by atoms with Crippen LogP contribution in [-0.4, -0.2) is 18.6 Å². The molecule has 0 aromatic heterocycles. The summed E-state index contributed by atoms with van der Waals surface area (Å²) in [6.07, 6.45) is 2.69. The highest BCUT2D eigenvalue weighted by atomic mass is 16.6. The molecule has 1 saturated carbocycles. The molecule has 0 radical (unpaired) electrons. The molecule has 5 nitrogen and oxygen atoms in total. The highest BCUT2D eigenvalue weighted by Gasteiger charge is 2.27. The molecule has 0 saturated heterocycles. The summed E-state index contributed by atoms with van der Waals surface area (Å²) in [4.78, 5) is 10.5. The lowest BCUT2D eigenvalue weighted by molar-refractivity contribution is -0.385. The number of nitro groups is 1. The zero-order valence-corrected chi connectivity index (χ0v) is 11.4. The minimum absolute atomic E-state index is 0.0250. The van der Waals surface area contributed by atoms with Crippen molar-refractivity contribution in [3.63, 3.8) is 0 Å². The van der Waals surface area contributed by atoms with Crippen molar-refractivity contribution in [3.8, 4) is 5.75 Å². The number of hydrogen-bond acceptors (Lipinski definition) is 4. The van der Waals surface area contributed by atoms with Crippen molar-refractivity contribution in [2.45, 2.75) is 26.3 Å². The first-order valence-corrected chi connectivity index (χ1v) is 6.64. The Balaban J connectivity index is 1.92. The molecular formula is C14H20N2O3. The summed E-state index contributed by atoms with van der Waals surface area (Å²) in [5.41, 5.74) is 0.938. The van der Waals surface area contributed by atoms with Gasteiger partial charge in [0.2, 0.25) is 0 Å². The number of benzene rings is 1. The molecule has 1 fully saturated rings. The van der Waals surface area contributed by atoms with Gasteiger partial charge in [0.1, 0.15) is 0 Å². The van der Waals surface area contributed by atoms with Gasteiger partial charge in [-0.15, -0.1) is 0 Å². The van der Waals surface area contributed by atoms with Gasteiger partial charge in [-0.05, 0) is 42.9 Å². The van der Waals surface area contributed by atoms with Gasteiger partial charge in [-0.2, -0.15) is 0 Å². The van der Waals surface area contributed by atoms with Gasteiger partial charge in [0.25, 0.3) is 0 Å². The van der Waals surface area contributed by atoms with E-state index in [-0.39, 0.29) is 5.69 Å². The normalized spacial score (nSPS) is 16.1. The molecule has 1 aromatic carbocycles. The molecule has 0 aliphatic heterocycles. The van der Waals surface area contributed by atoms with Crippen molar-refractivity contribution < 1.29 is 9.66 Å². The summed E-state index contributed by atoms with van der Waals surface area (Å²) >= 11 is 0. The summed E-state index contributed by atoms with van der Waals surface area (Å²) in [7, 11) is 1.44. The Kier molecular flexibility index (Phi) is 4.37. The van der Waals surface area contributed by atoms with Gasteiger partial charge >= 0.3 is 5.69 Å². The standard InChI is InChI=1S/C14H20N2O3/c1-10(12-4-5-12)8-15-9-11-3-6-14(19-2)13(7-11)16(17)18/h3,6-7,10,12,15H,4-5,8-9H2,1-2H3. The van der Waals surface area contributed by atoms with E-state index in [1.54, 1.807) is 12.1 Å². The molecule has 1 atom stereocenters. The molecule has 0 bridgehead atoms. The third-order valence-electron chi connectivity index (χ3n) is 3.66. The second kappa shape index (κ2) is 6.02. The molecule has 104 valence electrons. The van der Waals surface area contributed by atoms with Gasteiger partial charge in [-0.3, -0.25) is 10.1 Å². The van der Waals surface area contributed by atoms with Crippen LogP contribution in [-0.2, 0) is 6.54 Å². The fraction of sp³-hybridized carbons (Fsp3) is 0.571. The highest BCUT2D eigenvalue weighted by Crippen LogP contribution is 2.36. The molecule has 0 amide bonds. The molecule has 1 N–H and O–H groups in total. The zero-order chi connectivity index (χ0) is 13.8. The Morgan fingerprint density at radius 1 is 1.53 bits per heavy atom. The predicted octanol–water partition coefficient (Wildman–Crippen LogP) is 2.74. The van der Waals surface area contributed by atoms with E-state index in [1.165, 1.54) is 20.0 Å². The maximum atomic E-state index is 10.9. The van der Waals surface area contributed by atoms with Crippen LogP contribution in [0.3, 0.4) is 0 Å². The molecule has 1 aromatic rings. The lowest BCUT2D eigenvalue weighted by Crippen LogP contribution is -2.21. The Morgan fingerprint density at radius 3 is 2.84 bits per heavy atom. The molecule has 5 heteroatoms. The number of ether oxygens (including phenoxy) is 1. The number of nitro benzene ring substituents is 1. The Labute approximate surface area is 113 Å². The third-order valence-corrected chi connectivity index (χ3v) is 3.66. The van der Waals surface area contributed by atoms with E-state index in [1.807, 2.05) is 6.07 Å². The van der Waals surface area contributed by atoms with Crippen molar-refractivity contribution in [1.82, 2.24) is 5.32 Å². The van der Waals surface area contributed by atoms with E-state index in [2.05, 4.69) is 12.2 Å². The van der Waals surface area contributed by atoms with E-state index in [4.69, 9.17) is 4.74 Å². The van der Waals surface area contributed by atoms with Crippen LogP contribution < -0.4 is 10.1 Å². The first-order chi connectivity index (χ1) is 9.11. The molecule has 1 aliphatic rings. The fourth-order valence-electron chi connectivity index (χ4n) is 2.26. The van der Waals surface area contributed by atoms with Crippen LogP contribution in [0.4, 0.5) is 5.69 Å². The second-order valence-corrected chi connectivity index (χ2v) is 5.21. The SMILES string of the molecule is COc1ccc(CNCC(C)C2CC2)cc1[N+](=O)[O-]. The summed E-state index contributed by atoms with van der Waals surface area (Å²) in [5.74, 6) is 1.87. The fourth-order valence-corrected chi connectivity index (χ4v) is 2.26. The van der Waals surface area contributed by atoms with Crippen LogP contribution >= 0.6 is 0 Å². The lowest BCUT2D eigenvalue weighted by atomic mass is 10.1. The van der Waals surface area contributed by atoms with Gasteiger partial charge in [0.15, 0.2) is 5.75 Å². The molecular weight excluding hydrogens is 244 g/mol. The van der Waals surface area contributed by atoms with Gasteiger partial charge < -0.3 is 10.1 Å². The van der Waals surface area contributed by atoms with Gasteiger partial charge in [-0.25, -0.2) is 0 Å². The van der Waals surface area contributed by atoms with Gasteiger partial charge in [0.05, 0.1) is 12.0 Å². The average Bonchev–Trinajstić information content (AvgIpc) is 3.22. The molecule has 1 unspecified atom stereocenters. The van der Waals surface area contributed by atoms with Crippen LogP contribution in [0.1, 0.15) is 25.3 Å². The van der Waals surface area contributed by atoms with Crippen LogP contribution in [0.5, 0.6) is 5.75 Å². The Morgan fingerprint density at radius 2 is 2.26 bits per heavy atom. The maximum Gasteiger partial charge on any atom is 0.311 e. The Hall–Kier alpha value is -1.62. The molecule has 19 heavy (non-hydrogen) atoms. The first-order valence-electron chi connectivity index (χ1n) is 6.64. The number of rotatable bonds is 7. The van der Waals surface area contributed by atoms with E-state index in [9.17, 15) is 10.1 Å². The summed E-state index contributed by atoms with van der Waals surface area (Å²) in [6, 6.07) is 5.09. The van der Waals surface area contributed by atoms with E-state index >= 15 is 0 Å². The molecule has 2 rings (SSSR count). The smallest absolute Gasteiger partial charge is 0.311 e. The summed E-state index contributed by atoms with van der Waals surface area (Å²) < 4.78 is 4.98. The maximum absolute atomic E-state index is 10.9. The molecule has 0 heterocycles. The monoisotopic (exact) mass is 264 g/mol. The quantitative estimate of drug-likeness (QED) is 0.607. The van der Waals surface area contributed by atoms with E-state index in [0.29, 0.717) is 18.2 Å². The van der Waals surface area contributed by atoms with Crippen LogP contribution in [0.15, 0.2) is 18.2 Å². The van der Waals surface area contributed by atoms with Crippen LogP contribution in [0, 0.1) is 22.0 Å². The van der Waals surface area contributed by atoms with Gasteiger partial charge in [-0.1, -0.05) is 13.0 Å². The van der Waals surface area contributed by atoms with Crippen molar-refractivity contribution in [2.75, 3.05) is 13.7 Å². The number of nitrogens with zero attached hydrogens (tertiary/aromatic N) is 1. The minimum atomic E-state index is -0.408. The second-order valence-electron chi connectivity index (χ2n) is 5.21. The van der Waals surface area contributed by atoms with E-state index in [0.717, 1.165) is 18.0 Å². The predicted molar refractivity (Wildman–Crippen MR) is 73.2 cm³/mol.